The predicted molar refractivity (Wildman–Crippen MR) is 85.2 cm³/mol. The summed E-state index contributed by atoms with van der Waals surface area (Å²) in [5, 5.41) is 7.60. The highest BCUT2D eigenvalue weighted by Gasteiger charge is 2.25. The Hall–Kier alpha value is -1.65. The molecular weight excluding hydrogens is 260 g/mol. The van der Waals surface area contributed by atoms with Crippen LogP contribution in [0.15, 0.2) is 36.5 Å². The van der Waals surface area contributed by atoms with Crippen LogP contribution in [0.2, 0.25) is 0 Å². The van der Waals surface area contributed by atoms with Gasteiger partial charge in [-0.05, 0) is 30.7 Å². The first kappa shape index (κ1) is 14.3. The lowest BCUT2D eigenvalue weighted by Gasteiger charge is -2.37. The van der Waals surface area contributed by atoms with E-state index in [0.717, 1.165) is 32.5 Å². The summed E-state index contributed by atoms with van der Waals surface area (Å²) in [6, 6.07) is 11.5. The molecule has 0 fully saturated rings. The molecule has 112 valence electrons. The summed E-state index contributed by atoms with van der Waals surface area (Å²) in [4.78, 5) is 2.60. The molecule has 0 spiro atoms. The van der Waals surface area contributed by atoms with Gasteiger partial charge in [0.15, 0.2) is 0 Å². The second-order valence-electron chi connectivity index (χ2n) is 5.85. The number of rotatable bonds is 5. The third-order valence-electron chi connectivity index (χ3n) is 4.48. The largest absolute Gasteiger partial charge is 0.318 e. The average Bonchev–Trinajstić information content (AvgIpc) is 2.90. The van der Waals surface area contributed by atoms with E-state index in [-0.39, 0.29) is 0 Å². The van der Waals surface area contributed by atoms with Crippen LogP contribution in [0.5, 0.6) is 0 Å². The number of hydrogen-bond acceptors (Lipinski definition) is 3. The molecule has 0 saturated heterocycles. The molecule has 0 radical (unpaired) electrons. The minimum atomic E-state index is 0.582. The molecule has 3 rings (SSSR count). The molecule has 0 bridgehead atoms. The number of likely N-dealkylation sites (N-methyl/N-ethyl adjacent to an activating group) is 1. The third kappa shape index (κ3) is 3.17. The fourth-order valence-electron chi connectivity index (χ4n) is 3.24. The molecule has 0 saturated carbocycles. The highest BCUT2D eigenvalue weighted by atomic mass is 15.3. The molecule has 0 aliphatic carbocycles. The van der Waals surface area contributed by atoms with Crippen LogP contribution in [0.25, 0.3) is 0 Å². The average molecular weight is 284 g/mol. The summed E-state index contributed by atoms with van der Waals surface area (Å²) >= 11 is 0. The van der Waals surface area contributed by atoms with Gasteiger partial charge >= 0.3 is 0 Å². The lowest BCUT2D eigenvalue weighted by Crippen LogP contribution is -2.46. The first-order valence-corrected chi connectivity index (χ1v) is 7.70. The number of fused-ring (bicyclic) bond motifs is 1. The SMILES string of the molecule is CNCC1Cc2ccccc2CN1CCc1ccnn1C. The lowest BCUT2D eigenvalue weighted by molar-refractivity contribution is 0.171. The minimum absolute atomic E-state index is 0.582. The van der Waals surface area contributed by atoms with Crippen LogP contribution in [0.3, 0.4) is 0 Å². The summed E-state index contributed by atoms with van der Waals surface area (Å²) in [7, 11) is 4.06. The molecule has 4 heteroatoms. The molecule has 1 aliphatic heterocycles. The van der Waals surface area contributed by atoms with Gasteiger partial charge in [-0.2, -0.15) is 5.10 Å². The van der Waals surface area contributed by atoms with Crippen LogP contribution in [-0.2, 0) is 26.4 Å². The van der Waals surface area contributed by atoms with E-state index in [9.17, 15) is 0 Å². The Morgan fingerprint density at radius 1 is 1.24 bits per heavy atom. The van der Waals surface area contributed by atoms with Crippen LogP contribution >= 0.6 is 0 Å². The smallest absolute Gasteiger partial charge is 0.0492 e. The van der Waals surface area contributed by atoms with Gasteiger partial charge in [0.1, 0.15) is 0 Å². The Morgan fingerprint density at radius 2 is 2.05 bits per heavy atom. The van der Waals surface area contributed by atoms with E-state index in [4.69, 9.17) is 0 Å². The number of nitrogens with one attached hydrogen (secondary N) is 1. The zero-order chi connectivity index (χ0) is 14.7. The van der Waals surface area contributed by atoms with Crippen molar-refractivity contribution in [2.45, 2.75) is 25.4 Å². The lowest BCUT2D eigenvalue weighted by atomic mass is 9.93. The summed E-state index contributed by atoms with van der Waals surface area (Å²) in [6.45, 7) is 3.18. The predicted octanol–water partition coefficient (Wildman–Crippen LogP) is 1.61. The number of hydrogen-bond donors (Lipinski definition) is 1. The number of benzene rings is 1. The van der Waals surface area contributed by atoms with Crippen LogP contribution < -0.4 is 5.32 Å². The first-order chi connectivity index (χ1) is 10.3. The van der Waals surface area contributed by atoms with E-state index >= 15 is 0 Å². The van der Waals surface area contributed by atoms with E-state index in [0.29, 0.717) is 6.04 Å². The Labute approximate surface area is 126 Å². The molecule has 21 heavy (non-hydrogen) atoms. The van der Waals surface area contributed by atoms with E-state index in [1.165, 1.54) is 16.8 Å². The molecule has 1 aromatic heterocycles. The van der Waals surface area contributed by atoms with Gasteiger partial charge in [0.05, 0.1) is 0 Å². The van der Waals surface area contributed by atoms with Gasteiger partial charge in [0.25, 0.3) is 0 Å². The van der Waals surface area contributed by atoms with Gasteiger partial charge < -0.3 is 5.32 Å². The maximum Gasteiger partial charge on any atom is 0.0492 e. The van der Waals surface area contributed by atoms with Crippen LogP contribution in [0.4, 0.5) is 0 Å². The highest BCUT2D eigenvalue weighted by Crippen LogP contribution is 2.23. The van der Waals surface area contributed by atoms with Crippen molar-refractivity contribution in [1.29, 1.82) is 0 Å². The zero-order valence-electron chi connectivity index (χ0n) is 12.9. The topological polar surface area (TPSA) is 33.1 Å². The van der Waals surface area contributed by atoms with Crippen molar-refractivity contribution in [2.24, 2.45) is 7.05 Å². The van der Waals surface area contributed by atoms with Crippen molar-refractivity contribution in [3.8, 4) is 0 Å². The molecule has 1 aromatic carbocycles. The monoisotopic (exact) mass is 284 g/mol. The standard InChI is InChI=1S/C17H24N4/c1-18-12-17-11-14-5-3-4-6-15(14)13-21(17)10-8-16-7-9-19-20(16)2/h3-7,9,17-18H,8,10-13H2,1-2H3. The maximum atomic E-state index is 4.26. The van der Waals surface area contributed by atoms with Crippen molar-refractivity contribution in [1.82, 2.24) is 20.0 Å². The van der Waals surface area contributed by atoms with Crippen molar-refractivity contribution < 1.29 is 0 Å². The van der Waals surface area contributed by atoms with E-state index in [1.54, 1.807) is 0 Å². The molecule has 1 aliphatic rings. The van der Waals surface area contributed by atoms with Crippen molar-refractivity contribution in [3.63, 3.8) is 0 Å². The molecule has 2 heterocycles. The third-order valence-corrected chi connectivity index (χ3v) is 4.48. The molecule has 1 unspecified atom stereocenters. The van der Waals surface area contributed by atoms with Crippen molar-refractivity contribution in [2.75, 3.05) is 20.1 Å². The first-order valence-electron chi connectivity index (χ1n) is 7.70. The second kappa shape index (κ2) is 6.41. The van der Waals surface area contributed by atoms with Crippen molar-refractivity contribution >= 4 is 0 Å². The second-order valence-corrected chi connectivity index (χ2v) is 5.85. The fourth-order valence-corrected chi connectivity index (χ4v) is 3.24. The van der Waals surface area contributed by atoms with Gasteiger partial charge in [-0.1, -0.05) is 24.3 Å². The minimum Gasteiger partial charge on any atom is -0.318 e. The van der Waals surface area contributed by atoms with Gasteiger partial charge in [0, 0.05) is 51.0 Å². The van der Waals surface area contributed by atoms with Gasteiger partial charge in [-0.25, -0.2) is 0 Å². The van der Waals surface area contributed by atoms with Crippen LogP contribution in [0, 0.1) is 0 Å². The van der Waals surface area contributed by atoms with Gasteiger partial charge in [-0.3, -0.25) is 9.58 Å². The molecule has 1 atom stereocenters. The number of aromatic nitrogens is 2. The van der Waals surface area contributed by atoms with Crippen LogP contribution in [-0.4, -0.2) is 40.9 Å². The Bertz CT molecular complexity index is 590. The molecule has 4 nitrogen and oxygen atoms in total. The summed E-state index contributed by atoms with van der Waals surface area (Å²) in [5.41, 5.74) is 4.29. The Morgan fingerprint density at radius 3 is 2.76 bits per heavy atom. The van der Waals surface area contributed by atoms with Gasteiger partial charge in [-0.15, -0.1) is 0 Å². The highest BCUT2D eigenvalue weighted by molar-refractivity contribution is 5.30. The molecule has 2 aromatic rings. The summed E-state index contributed by atoms with van der Waals surface area (Å²) < 4.78 is 1.98. The maximum absolute atomic E-state index is 4.26. The fraction of sp³-hybridized carbons (Fsp3) is 0.471. The number of aryl methyl sites for hydroxylation is 1. The van der Waals surface area contributed by atoms with E-state index < -0.39 is 0 Å². The van der Waals surface area contributed by atoms with E-state index in [1.807, 2.05) is 25.0 Å². The quantitative estimate of drug-likeness (QED) is 0.905. The summed E-state index contributed by atoms with van der Waals surface area (Å²) in [5.74, 6) is 0. The molecule has 1 N–H and O–H groups in total. The Kier molecular flexibility index (Phi) is 4.36. The van der Waals surface area contributed by atoms with E-state index in [2.05, 4.69) is 45.6 Å². The summed E-state index contributed by atoms with van der Waals surface area (Å²) in [6.07, 6.45) is 4.08. The normalized spacial score (nSPS) is 18.7. The number of nitrogens with zero attached hydrogens (tertiary/aromatic N) is 3. The zero-order valence-corrected chi connectivity index (χ0v) is 12.9. The van der Waals surface area contributed by atoms with Crippen molar-refractivity contribution in [3.05, 3.63) is 53.3 Å². The molecular formula is C17H24N4. The van der Waals surface area contributed by atoms with Crippen LogP contribution in [0.1, 0.15) is 16.8 Å². The van der Waals surface area contributed by atoms with Gasteiger partial charge in [0.2, 0.25) is 0 Å². The molecule has 0 amide bonds. The Balaban J connectivity index is 1.71.